The molecule has 0 saturated carbocycles. The van der Waals surface area contributed by atoms with Crippen molar-refractivity contribution in [2.75, 3.05) is 19.6 Å². The van der Waals surface area contributed by atoms with E-state index in [-0.39, 0.29) is 0 Å². The van der Waals surface area contributed by atoms with Crippen LogP contribution in [0.5, 0.6) is 0 Å². The Morgan fingerprint density at radius 2 is 0.417 bits per heavy atom. The Morgan fingerprint density at radius 1 is 0.283 bits per heavy atom. The summed E-state index contributed by atoms with van der Waals surface area (Å²) in [7, 11) is 4.67. The molecule has 2 aliphatic heterocycles. The largest absolute Gasteiger partial charge is 0.315 e. The number of nitrogens with zero attached hydrogens (tertiary/aromatic N) is 4. The van der Waals surface area contributed by atoms with Crippen molar-refractivity contribution in [2.45, 2.75) is 158 Å². The van der Waals surface area contributed by atoms with Gasteiger partial charge in [0.1, 0.15) is 0 Å². The average molecular weight is 843 g/mol. The van der Waals surface area contributed by atoms with Crippen molar-refractivity contribution < 1.29 is 0 Å². The van der Waals surface area contributed by atoms with E-state index < -0.39 is 0 Å². The van der Waals surface area contributed by atoms with Gasteiger partial charge in [-0.2, -0.15) is 0 Å². The van der Waals surface area contributed by atoms with E-state index >= 15 is 0 Å². The lowest BCUT2D eigenvalue weighted by atomic mass is 9.91. The minimum absolute atomic E-state index is 0.460. The van der Waals surface area contributed by atoms with Crippen LogP contribution in [0.1, 0.15) is 203 Å². The molecule has 0 N–H and O–H groups in total. The molecule has 4 radical (unpaired) electrons. The maximum absolute atomic E-state index is 3.66. The molecule has 2 heterocycles. The summed E-state index contributed by atoms with van der Waals surface area (Å²) >= 11 is 0. The fourth-order valence-corrected chi connectivity index (χ4v) is 8.29. The van der Waals surface area contributed by atoms with Crippen molar-refractivity contribution in [1.29, 1.82) is 0 Å². The van der Waals surface area contributed by atoms with Gasteiger partial charge in [0.2, 0.25) is 13.3 Å². The monoisotopic (exact) mass is 843 g/mol. The van der Waals surface area contributed by atoms with Gasteiger partial charge in [-0.3, -0.25) is 0 Å². The molecule has 0 bridgehead atoms. The van der Waals surface area contributed by atoms with E-state index in [0.717, 1.165) is 0 Å². The Morgan fingerprint density at radius 3 is 0.533 bits per heavy atom. The molecule has 0 saturated heterocycles. The summed E-state index contributed by atoms with van der Waals surface area (Å²) in [6.07, 6.45) is 8.64. The van der Waals surface area contributed by atoms with Crippen LogP contribution >= 0.6 is 17.9 Å². The first-order valence-electron chi connectivity index (χ1n) is 22.3. The van der Waals surface area contributed by atoms with E-state index in [2.05, 4.69) is 259 Å². The van der Waals surface area contributed by atoms with Crippen LogP contribution in [0, 0.1) is 13.3 Å². The van der Waals surface area contributed by atoms with E-state index in [4.69, 9.17) is 0 Å². The molecule has 60 heavy (non-hydrogen) atoms. The lowest BCUT2D eigenvalue weighted by Gasteiger charge is -2.29. The number of hydrogen-bond acceptors (Lipinski definition) is 4. The lowest BCUT2D eigenvalue weighted by Crippen LogP contribution is -2.23. The Bertz CT molecular complexity index is 1660. The Kier molecular flexibility index (Phi) is 18.0. The van der Waals surface area contributed by atoms with Crippen LogP contribution < -0.4 is 19.6 Å². The van der Waals surface area contributed by atoms with Crippen LogP contribution in [0.2, 0.25) is 0 Å². The smallest absolute Gasteiger partial charge is 0.217 e. The van der Waals surface area contributed by atoms with E-state index in [1.807, 2.05) is 0 Å². The molecule has 2 aliphatic rings. The Hall–Kier alpha value is -3.58. The highest BCUT2D eigenvalue weighted by Crippen LogP contribution is 2.44. The number of benzene rings is 4. The van der Waals surface area contributed by atoms with Crippen LogP contribution in [-0.2, 0) is 0 Å². The maximum atomic E-state index is 3.66. The quantitative estimate of drug-likeness (QED) is 0.132. The number of para-hydroxylation sites is 4. The van der Waals surface area contributed by atoms with Crippen molar-refractivity contribution >= 4 is 40.6 Å². The number of hydrogen-bond donors (Lipinski definition) is 0. The van der Waals surface area contributed by atoms with Gasteiger partial charge >= 0.3 is 0 Å². The summed E-state index contributed by atoms with van der Waals surface area (Å²) in [6, 6.07) is 26.8. The molecule has 2 atom stereocenters. The normalized spacial score (nSPS) is 14.0. The third kappa shape index (κ3) is 11.1. The zero-order chi connectivity index (χ0) is 44.6. The van der Waals surface area contributed by atoms with Gasteiger partial charge in [-0.1, -0.05) is 184 Å². The minimum atomic E-state index is 0.460. The summed E-state index contributed by atoms with van der Waals surface area (Å²) in [6.45, 7) is 43.6. The zero-order valence-electron chi connectivity index (χ0n) is 39.8. The van der Waals surface area contributed by atoms with Gasteiger partial charge in [-0.05, 0) is 91.9 Å². The SMILES string of the molecule is CC(C)c1cccc(C(C)C)c1N1[C]N(c2c(C(C)C)cccc2C(C)C)C=C1.CC(C)c1cccc(C(C)C)c1N1[C]N(c2c(C(C)C)cccc2C(C)C)C=C1.PP. The highest BCUT2D eigenvalue weighted by molar-refractivity contribution is 7.92. The maximum Gasteiger partial charge on any atom is 0.217 e. The molecular weight excluding hydrogens is 767 g/mol. The van der Waals surface area contributed by atoms with Crippen LogP contribution in [0.4, 0.5) is 22.7 Å². The summed E-state index contributed by atoms with van der Waals surface area (Å²) < 4.78 is 0. The van der Waals surface area contributed by atoms with Gasteiger partial charge in [0, 0.05) is 24.8 Å². The van der Waals surface area contributed by atoms with Gasteiger partial charge in [-0.15, -0.1) is 17.9 Å². The fraction of sp³-hybridized carbons (Fsp3) is 0.444. The molecule has 0 spiro atoms. The molecule has 2 unspecified atom stereocenters. The second kappa shape index (κ2) is 22.0. The van der Waals surface area contributed by atoms with Crippen molar-refractivity contribution in [3.63, 3.8) is 0 Å². The van der Waals surface area contributed by atoms with Crippen molar-refractivity contribution in [2.24, 2.45) is 0 Å². The number of rotatable bonds is 12. The molecular formula is C54H76N4P2. The van der Waals surface area contributed by atoms with Crippen LogP contribution in [0.25, 0.3) is 0 Å². The summed E-state index contributed by atoms with van der Waals surface area (Å²) in [5, 5.41) is 0. The second-order valence-corrected chi connectivity index (χ2v) is 18.7. The lowest BCUT2D eigenvalue weighted by molar-refractivity contribution is 0.818. The summed E-state index contributed by atoms with van der Waals surface area (Å²) in [4.78, 5) is 8.80. The second-order valence-electron chi connectivity index (χ2n) is 18.7. The highest BCUT2D eigenvalue weighted by atomic mass is 32.0. The van der Waals surface area contributed by atoms with Gasteiger partial charge < -0.3 is 19.6 Å². The third-order valence-corrected chi connectivity index (χ3v) is 11.5. The highest BCUT2D eigenvalue weighted by Gasteiger charge is 2.29. The molecule has 0 aliphatic carbocycles. The van der Waals surface area contributed by atoms with Crippen molar-refractivity contribution in [3.8, 4) is 0 Å². The predicted octanol–water partition coefficient (Wildman–Crippen LogP) is 16.6. The van der Waals surface area contributed by atoms with E-state index in [9.17, 15) is 0 Å². The first kappa shape index (κ1) is 49.1. The summed E-state index contributed by atoms with van der Waals surface area (Å²) in [5.41, 5.74) is 16.1. The van der Waals surface area contributed by atoms with Crippen LogP contribution in [-0.4, -0.2) is 0 Å². The van der Waals surface area contributed by atoms with Crippen LogP contribution in [0.3, 0.4) is 0 Å². The molecule has 4 aromatic rings. The molecule has 6 heteroatoms. The van der Waals surface area contributed by atoms with E-state index in [0.29, 0.717) is 47.3 Å². The van der Waals surface area contributed by atoms with Crippen molar-refractivity contribution in [3.05, 3.63) is 155 Å². The zero-order valence-corrected chi connectivity index (χ0v) is 42.1. The Balaban J connectivity index is 0.000000254. The predicted molar refractivity (Wildman–Crippen MR) is 273 cm³/mol. The topological polar surface area (TPSA) is 13.0 Å². The van der Waals surface area contributed by atoms with E-state index in [1.165, 1.54) is 67.3 Å². The minimum Gasteiger partial charge on any atom is -0.315 e. The van der Waals surface area contributed by atoms with Gasteiger partial charge in [0.15, 0.2) is 0 Å². The molecule has 4 nitrogen and oxygen atoms in total. The first-order chi connectivity index (χ1) is 28.4. The van der Waals surface area contributed by atoms with Gasteiger partial charge in [0.25, 0.3) is 0 Å². The molecule has 6 rings (SSSR count). The Labute approximate surface area is 372 Å². The molecule has 322 valence electrons. The third-order valence-electron chi connectivity index (χ3n) is 11.5. The van der Waals surface area contributed by atoms with Crippen LogP contribution in [0.15, 0.2) is 97.6 Å². The average Bonchev–Trinajstić information content (AvgIpc) is 3.91. The summed E-state index contributed by atoms with van der Waals surface area (Å²) in [5.74, 6) is 3.68. The fourth-order valence-electron chi connectivity index (χ4n) is 8.29. The van der Waals surface area contributed by atoms with Gasteiger partial charge in [0.05, 0.1) is 22.7 Å². The number of anilines is 4. The van der Waals surface area contributed by atoms with Crippen molar-refractivity contribution in [1.82, 2.24) is 0 Å². The van der Waals surface area contributed by atoms with E-state index in [1.54, 1.807) is 0 Å². The molecule has 0 fully saturated rings. The standard InChI is InChI=1S/2C27H36N2.H4P2/c2*1-18(2)22-11-9-12-23(19(3)4)26(22)28-15-16-29(17-28)27-24(20(5)6)13-10-14-25(27)21(7)8;1-2/h2*9-16,18-21H,1-8H3;1-2H2. The molecule has 0 aromatic heterocycles. The molecule has 4 aromatic carbocycles. The molecule has 0 amide bonds. The van der Waals surface area contributed by atoms with Gasteiger partial charge in [-0.25, -0.2) is 0 Å². The first-order valence-corrected chi connectivity index (χ1v) is 25.0.